The quantitative estimate of drug-likeness (QED) is 0.150. The van der Waals surface area contributed by atoms with E-state index in [1.54, 1.807) is 0 Å². The van der Waals surface area contributed by atoms with Crippen molar-refractivity contribution in [2.24, 2.45) is 0 Å². The number of nitrogens with zero attached hydrogens (tertiary/aromatic N) is 3. The standard InChI is InChI=1S/C66H41N3O/c1-3-18-42(19-4-1)49-39-57(67-58(40-49)47-25-17-27-50(38-47)69-59-33-12-8-28-51(59)52-29-9-13-34-60(52)69)46-24-15-22-44(36-46)45-23-16-26-48(37-45)63-64-53-30-7-11-32-56(53)68-66(43-20-5-2-6-21-43)55(64)41-62-65(63)54-31-10-14-35-61(54)70-62/h1-41H. The molecule has 70 heavy (non-hydrogen) atoms. The fourth-order valence-corrected chi connectivity index (χ4v) is 10.8. The number of fused-ring (bicyclic) bond motifs is 9. The van der Waals surface area contributed by atoms with Crippen LogP contribution in [0.3, 0.4) is 0 Å². The van der Waals surface area contributed by atoms with E-state index in [1.807, 2.05) is 6.07 Å². The summed E-state index contributed by atoms with van der Waals surface area (Å²) in [5.41, 5.74) is 18.7. The van der Waals surface area contributed by atoms with Crippen molar-refractivity contribution in [2.75, 3.05) is 0 Å². The minimum absolute atomic E-state index is 0.839. The third-order valence-electron chi connectivity index (χ3n) is 13.9. The summed E-state index contributed by atoms with van der Waals surface area (Å²) in [6.45, 7) is 0. The summed E-state index contributed by atoms with van der Waals surface area (Å²) in [6, 6.07) is 88.6. The van der Waals surface area contributed by atoms with Crippen molar-refractivity contribution in [3.05, 3.63) is 249 Å². The van der Waals surface area contributed by atoms with Crippen molar-refractivity contribution in [3.63, 3.8) is 0 Å². The molecule has 0 atom stereocenters. The first-order chi connectivity index (χ1) is 34.7. The van der Waals surface area contributed by atoms with E-state index in [-0.39, 0.29) is 0 Å². The number of aromatic nitrogens is 3. The second-order valence-corrected chi connectivity index (χ2v) is 18.1. The highest BCUT2D eigenvalue weighted by Crippen LogP contribution is 2.47. The Kier molecular flexibility index (Phi) is 9.17. The number of para-hydroxylation sites is 4. The lowest BCUT2D eigenvalue weighted by molar-refractivity contribution is 0.669. The molecule has 0 N–H and O–H groups in total. The van der Waals surface area contributed by atoms with E-state index in [4.69, 9.17) is 14.4 Å². The number of pyridine rings is 2. The zero-order valence-corrected chi connectivity index (χ0v) is 37.9. The Labute approximate surface area is 404 Å². The van der Waals surface area contributed by atoms with E-state index in [0.717, 1.165) is 116 Å². The Morgan fingerprint density at radius 2 is 0.829 bits per heavy atom. The molecule has 0 fully saturated rings. The van der Waals surface area contributed by atoms with Gasteiger partial charge in [0.2, 0.25) is 0 Å². The van der Waals surface area contributed by atoms with E-state index in [2.05, 4.69) is 247 Å². The zero-order valence-electron chi connectivity index (χ0n) is 37.9. The van der Waals surface area contributed by atoms with Gasteiger partial charge in [-0.25, -0.2) is 9.97 Å². The fourth-order valence-electron chi connectivity index (χ4n) is 10.8. The molecule has 0 amide bonds. The summed E-state index contributed by atoms with van der Waals surface area (Å²) in [5.74, 6) is 0. The lowest BCUT2D eigenvalue weighted by Gasteiger charge is -2.16. The second kappa shape index (κ2) is 16.2. The molecular weight excluding hydrogens is 851 g/mol. The third-order valence-corrected chi connectivity index (χ3v) is 13.9. The monoisotopic (exact) mass is 891 g/mol. The van der Waals surface area contributed by atoms with Gasteiger partial charge < -0.3 is 8.98 Å². The normalized spacial score (nSPS) is 11.7. The lowest BCUT2D eigenvalue weighted by Crippen LogP contribution is -1.96. The predicted molar refractivity (Wildman–Crippen MR) is 291 cm³/mol. The van der Waals surface area contributed by atoms with Crippen LogP contribution in [-0.2, 0) is 0 Å². The highest BCUT2D eigenvalue weighted by molar-refractivity contribution is 6.28. The van der Waals surface area contributed by atoms with Crippen LogP contribution < -0.4 is 0 Å². The van der Waals surface area contributed by atoms with Crippen LogP contribution in [0.5, 0.6) is 0 Å². The number of hydrogen-bond acceptors (Lipinski definition) is 3. The summed E-state index contributed by atoms with van der Waals surface area (Å²) in [5, 5.41) is 7.98. The minimum Gasteiger partial charge on any atom is -0.456 e. The van der Waals surface area contributed by atoms with Gasteiger partial charge in [0, 0.05) is 65.6 Å². The minimum atomic E-state index is 0.839. The summed E-state index contributed by atoms with van der Waals surface area (Å²) in [6.07, 6.45) is 0. The van der Waals surface area contributed by atoms with Gasteiger partial charge in [-0.15, -0.1) is 0 Å². The molecule has 4 heterocycles. The lowest BCUT2D eigenvalue weighted by atomic mass is 9.88. The zero-order chi connectivity index (χ0) is 46.1. The smallest absolute Gasteiger partial charge is 0.136 e. The van der Waals surface area contributed by atoms with Crippen molar-refractivity contribution in [2.45, 2.75) is 0 Å². The average Bonchev–Trinajstić information content (AvgIpc) is 3.98. The molecule has 4 aromatic heterocycles. The molecule has 14 rings (SSSR count). The van der Waals surface area contributed by atoms with E-state index < -0.39 is 0 Å². The molecule has 0 bridgehead atoms. The van der Waals surface area contributed by atoms with Crippen molar-refractivity contribution in [1.82, 2.24) is 14.5 Å². The van der Waals surface area contributed by atoms with E-state index in [9.17, 15) is 0 Å². The van der Waals surface area contributed by atoms with E-state index in [1.165, 1.54) is 21.8 Å². The number of furan rings is 1. The van der Waals surface area contributed by atoms with Crippen LogP contribution in [0, 0.1) is 0 Å². The maximum absolute atomic E-state index is 6.71. The molecule has 0 aliphatic rings. The van der Waals surface area contributed by atoms with Crippen LogP contribution in [0.1, 0.15) is 0 Å². The van der Waals surface area contributed by atoms with Crippen molar-refractivity contribution in [3.8, 4) is 72.8 Å². The second-order valence-electron chi connectivity index (χ2n) is 18.1. The molecule has 10 aromatic carbocycles. The van der Waals surface area contributed by atoms with Crippen molar-refractivity contribution < 1.29 is 4.42 Å². The number of rotatable bonds is 7. The molecular formula is C66H41N3O. The Hall–Kier alpha value is -9.38. The van der Waals surface area contributed by atoms with Gasteiger partial charge in [-0.05, 0) is 94.5 Å². The molecule has 0 saturated carbocycles. The molecule has 0 aliphatic heterocycles. The van der Waals surface area contributed by atoms with Crippen LogP contribution in [0.4, 0.5) is 0 Å². The first-order valence-electron chi connectivity index (χ1n) is 23.8. The Balaban J connectivity index is 0.936. The molecule has 0 saturated heterocycles. The third kappa shape index (κ3) is 6.53. The molecule has 0 unspecified atom stereocenters. The molecule has 0 radical (unpaired) electrons. The summed E-state index contributed by atoms with van der Waals surface area (Å²) < 4.78 is 9.08. The summed E-state index contributed by atoms with van der Waals surface area (Å²) in [4.78, 5) is 10.8. The number of benzene rings is 10. The largest absolute Gasteiger partial charge is 0.456 e. The van der Waals surface area contributed by atoms with Crippen LogP contribution in [0.2, 0.25) is 0 Å². The highest BCUT2D eigenvalue weighted by atomic mass is 16.3. The summed E-state index contributed by atoms with van der Waals surface area (Å²) in [7, 11) is 0. The van der Waals surface area contributed by atoms with Gasteiger partial charge in [-0.3, -0.25) is 0 Å². The van der Waals surface area contributed by atoms with Crippen LogP contribution >= 0.6 is 0 Å². The van der Waals surface area contributed by atoms with Gasteiger partial charge in [0.15, 0.2) is 0 Å². The van der Waals surface area contributed by atoms with E-state index >= 15 is 0 Å². The van der Waals surface area contributed by atoms with Crippen molar-refractivity contribution in [1.29, 1.82) is 0 Å². The van der Waals surface area contributed by atoms with Gasteiger partial charge in [-0.2, -0.15) is 0 Å². The first-order valence-corrected chi connectivity index (χ1v) is 23.8. The highest BCUT2D eigenvalue weighted by Gasteiger charge is 2.22. The summed E-state index contributed by atoms with van der Waals surface area (Å²) >= 11 is 0. The van der Waals surface area contributed by atoms with Gasteiger partial charge in [0.1, 0.15) is 11.2 Å². The van der Waals surface area contributed by atoms with Gasteiger partial charge in [-0.1, -0.05) is 182 Å². The van der Waals surface area contributed by atoms with Gasteiger partial charge in [0.05, 0.1) is 33.6 Å². The molecule has 4 heteroatoms. The average molecular weight is 892 g/mol. The molecule has 4 nitrogen and oxygen atoms in total. The Morgan fingerprint density at radius 3 is 1.54 bits per heavy atom. The maximum Gasteiger partial charge on any atom is 0.136 e. The molecule has 0 spiro atoms. The van der Waals surface area contributed by atoms with Crippen LogP contribution in [0.25, 0.3) is 138 Å². The van der Waals surface area contributed by atoms with Crippen molar-refractivity contribution >= 4 is 65.4 Å². The predicted octanol–water partition coefficient (Wildman–Crippen LogP) is 17.8. The SMILES string of the molecule is c1ccc(-c2cc(-c3cccc(-c4cccc(-c5c6c(cc7c(-c8ccccc8)nc8ccccc8c57)oc5ccccc56)c4)c3)nc(-c3cccc(-n4c5ccccc5c5ccccc54)c3)c2)cc1. The van der Waals surface area contributed by atoms with Gasteiger partial charge >= 0.3 is 0 Å². The first kappa shape index (κ1) is 39.8. The maximum atomic E-state index is 6.71. The Bertz CT molecular complexity index is 4300. The van der Waals surface area contributed by atoms with Gasteiger partial charge in [0.25, 0.3) is 0 Å². The number of hydrogen-bond donors (Lipinski definition) is 0. The molecule has 14 aromatic rings. The Morgan fingerprint density at radius 1 is 0.300 bits per heavy atom. The molecule has 0 aliphatic carbocycles. The van der Waals surface area contributed by atoms with Crippen LogP contribution in [-0.4, -0.2) is 14.5 Å². The molecule has 326 valence electrons. The van der Waals surface area contributed by atoms with Crippen LogP contribution in [0.15, 0.2) is 253 Å². The van der Waals surface area contributed by atoms with E-state index in [0.29, 0.717) is 0 Å². The topological polar surface area (TPSA) is 43.9 Å². The fraction of sp³-hybridized carbons (Fsp3) is 0.